The van der Waals surface area contributed by atoms with E-state index in [2.05, 4.69) is 10.4 Å². The maximum absolute atomic E-state index is 12.2. The fourth-order valence-corrected chi connectivity index (χ4v) is 2.08. The van der Waals surface area contributed by atoms with Gasteiger partial charge in [-0.25, -0.2) is 0 Å². The van der Waals surface area contributed by atoms with E-state index in [-0.39, 0.29) is 10.9 Å². The van der Waals surface area contributed by atoms with E-state index in [0.717, 1.165) is 17.7 Å². The van der Waals surface area contributed by atoms with Crippen LogP contribution in [-0.4, -0.2) is 20.7 Å². The molecule has 0 radical (unpaired) electrons. The molecule has 0 aliphatic heterocycles. The van der Waals surface area contributed by atoms with Crippen LogP contribution in [0.15, 0.2) is 6.20 Å². The summed E-state index contributed by atoms with van der Waals surface area (Å²) in [5.74, 6) is -0.131. The first-order valence-corrected chi connectivity index (χ1v) is 6.85. The molecule has 5 nitrogen and oxygen atoms in total. The Kier molecular flexibility index (Phi) is 5.05. The largest absolute Gasteiger partial charge is 0.392 e. The zero-order chi connectivity index (χ0) is 14.6. The maximum Gasteiger partial charge on any atom is 0.233 e. The van der Waals surface area contributed by atoms with E-state index in [1.54, 1.807) is 11.6 Å². The fraction of sp³-hybridized carbons (Fsp3) is 0.615. The van der Waals surface area contributed by atoms with E-state index >= 15 is 0 Å². The second-order valence-corrected chi connectivity index (χ2v) is 5.30. The minimum absolute atomic E-state index is 0.131. The third-order valence-corrected chi connectivity index (χ3v) is 3.97. The van der Waals surface area contributed by atoms with Crippen molar-refractivity contribution in [3.05, 3.63) is 17.5 Å². The van der Waals surface area contributed by atoms with Gasteiger partial charge in [0.1, 0.15) is 0 Å². The number of nitrogens with zero attached hydrogens (tertiary/aromatic N) is 2. The lowest BCUT2D eigenvalue weighted by Gasteiger charge is -2.25. The van der Waals surface area contributed by atoms with E-state index in [9.17, 15) is 4.79 Å². The van der Waals surface area contributed by atoms with E-state index in [4.69, 9.17) is 18.0 Å². The Morgan fingerprint density at radius 1 is 1.58 bits per heavy atom. The molecule has 19 heavy (non-hydrogen) atoms. The monoisotopic (exact) mass is 282 g/mol. The number of carbonyl (C=O) groups is 1. The minimum Gasteiger partial charge on any atom is -0.392 e. The first-order chi connectivity index (χ1) is 8.85. The number of amides is 1. The van der Waals surface area contributed by atoms with E-state index < -0.39 is 5.41 Å². The van der Waals surface area contributed by atoms with Crippen LogP contribution in [0.1, 0.15) is 38.4 Å². The highest BCUT2D eigenvalue weighted by Crippen LogP contribution is 2.22. The predicted octanol–water partition coefficient (Wildman–Crippen LogP) is 1.30. The molecule has 6 heteroatoms. The van der Waals surface area contributed by atoms with Gasteiger partial charge in [0.25, 0.3) is 0 Å². The van der Waals surface area contributed by atoms with Gasteiger partial charge in [0.2, 0.25) is 5.91 Å². The van der Waals surface area contributed by atoms with Gasteiger partial charge in [0, 0.05) is 25.4 Å². The number of carbonyl (C=O) groups excluding carboxylic acids is 1. The van der Waals surface area contributed by atoms with E-state index in [1.165, 1.54) is 0 Å². The van der Waals surface area contributed by atoms with Crippen molar-refractivity contribution in [3.8, 4) is 0 Å². The van der Waals surface area contributed by atoms with Crippen LogP contribution in [0.25, 0.3) is 0 Å². The van der Waals surface area contributed by atoms with Crippen LogP contribution in [0.3, 0.4) is 0 Å². The molecule has 1 aromatic heterocycles. The van der Waals surface area contributed by atoms with Crippen LogP contribution >= 0.6 is 12.2 Å². The summed E-state index contributed by atoms with van der Waals surface area (Å²) in [4.78, 5) is 12.4. The number of aryl methyl sites for hydroxylation is 2. The highest BCUT2D eigenvalue weighted by molar-refractivity contribution is 7.80. The van der Waals surface area contributed by atoms with Crippen LogP contribution < -0.4 is 11.1 Å². The second kappa shape index (κ2) is 6.14. The zero-order valence-electron chi connectivity index (χ0n) is 12.0. The summed E-state index contributed by atoms with van der Waals surface area (Å²) in [6.07, 6.45) is 3.34. The molecule has 0 aromatic carbocycles. The second-order valence-electron chi connectivity index (χ2n) is 4.86. The third-order valence-electron chi connectivity index (χ3n) is 3.52. The van der Waals surface area contributed by atoms with Crippen LogP contribution in [0, 0.1) is 5.41 Å². The molecule has 1 atom stereocenters. The lowest BCUT2D eigenvalue weighted by Crippen LogP contribution is -2.46. The number of aromatic nitrogens is 2. The van der Waals surface area contributed by atoms with E-state index in [0.29, 0.717) is 13.0 Å². The Balaban J connectivity index is 2.76. The maximum atomic E-state index is 12.2. The van der Waals surface area contributed by atoms with Gasteiger partial charge in [-0.05, 0) is 19.8 Å². The van der Waals surface area contributed by atoms with Gasteiger partial charge in [-0.3, -0.25) is 9.48 Å². The molecule has 0 aliphatic rings. The number of thiocarbonyl (C=S) groups is 1. The average Bonchev–Trinajstić information content (AvgIpc) is 2.74. The summed E-state index contributed by atoms with van der Waals surface area (Å²) in [5, 5.41) is 7.24. The van der Waals surface area contributed by atoms with Gasteiger partial charge in [0.15, 0.2) is 0 Å². The molecule has 1 amide bonds. The Morgan fingerprint density at radius 3 is 2.68 bits per heavy atom. The molecule has 0 spiro atoms. The molecular formula is C13H22N4OS. The molecule has 0 fully saturated rings. The number of rotatable bonds is 6. The first kappa shape index (κ1) is 15.6. The molecule has 106 valence electrons. The number of nitrogens with one attached hydrogen (secondary N) is 1. The minimum atomic E-state index is -0.788. The summed E-state index contributed by atoms with van der Waals surface area (Å²) in [7, 11) is 1.87. The molecular weight excluding hydrogens is 260 g/mol. The molecule has 1 aromatic rings. The highest BCUT2D eigenvalue weighted by Gasteiger charge is 2.34. The quantitative estimate of drug-likeness (QED) is 0.771. The lowest BCUT2D eigenvalue weighted by molar-refractivity contribution is -0.127. The summed E-state index contributed by atoms with van der Waals surface area (Å²) in [5.41, 5.74) is 6.90. The van der Waals surface area contributed by atoms with Crippen molar-refractivity contribution < 1.29 is 4.79 Å². The molecule has 1 heterocycles. The van der Waals surface area contributed by atoms with Crippen molar-refractivity contribution in [2.75, 3.05) is 0 Å². The van der Waals surface area contributed by atoms with Crippen molar-refractivity contribution in [2.24, 2.45) is 18.2 Å². The standard InChI is InChI=1S/C13H22N4OS/c1-5-10-9(8-17(4)16-10)7-15-12(18)13(3,6-2)11(14)19/h8H,5-7H2,1-4H3,(H2,14,19)(H,15,18). The Morgan fingerprint density at radius 2 is 2.21 bits per heavy atom. The van der Waals surface area contributed by atoms with Crippen molar-refractivity contribution >= 4 is 23.1 Å². The topological polar surface area (TPSA) is 72.9 Å². The summed E-state index contributed by atoms with van der Waals surface area (Å²) >= 11 is 4.99. The summed E-state index contributed by atoms with van der Waals surface area (Å²) < 4.78 is 1.76. The molecule has 0 aliphatic carbocycles. The third kappa shape index (κ3) is 3.32. The summed E-state index contributed by atoms with van der Waals surface area (Å²) in [6, 6.07) is 0. The van der Waals surface area contributed by atoms with Crippen LogP contribution in [-0.2, 0) is 24.8 Å². The number of nitrogens with two attached hydrogens (primary N) is 1. The van der Waals surface area contributed by atoms with Gasteiger partial charge in [-0.1, -0.05) is 26.1 Å². The van der Waals surface area contributed by atoms with Crippen LogP contribution in [0.4, 0.5) is 0 Å². The first-order valence-electron chi connectivity index (χ1n) is 6.44. The van der Waals surface area contributed by atoms with Crippen molar-refractivity contribution in [1.29, 1.82) is 0 Å². The van der Waals surface area contributed by atoms with Crippen LogP contribution in [0.5, 0.6) is 0 Å². The number of hydrogen-bond donors (Lipinski definition) is 2. The molecule has 0 saturated carbocycles. The summed E-state index contributed by atoms with van der Waals surface area (Å²) in [6.45, 7) is 6.17. The number of hydrogen-bond acceptors (Lipinski definition) is 3. The highest BCUT2D eigenvalue weighted by atomic mass is 32.1. The molecule has 0 bridgehead atoms. The fourth-order valence-electron chi connectivity index (χ4n) is 1.85. The predicted molar refractivity (Wildman–Crippen MR) is 79.6 cm³/mol. The smallest absolute Gasteiger partial charge is 0.233 e. The molecule has 0 saturated heterocycles. The van der Waals surface area contributed by atoms with Gasteiger partial charge < -0.3 is 11.1 Å². The van der Waals surface area contributed by atoms with Crippen molar-refractivity contribution in [3.63, 3.8) is 0 Å². The molecule has 1 unspecified atom stereocenters. The Labute approximate surface area is 119 Å². The van der Waals surface area contributed by atoms with Gasteiger partial charge in [0.05, 0.1) is 16.1 Å². The Bertz CT molecular complexity index is 483. The Hall–Kier alpha value is -1.43. The van der Waals surface area contributed by atoms with Gasteiger partial charge in [-0.2, -0.15) is 5.10 Å². The zero-order valence-corrected chi connectivity index (χ0v) is 12.8. The normalized spacial score (nSPS) is 13.9. The molecule has 3 N–H and O–H groups in total. The SMILES string of the molecule is CCc1nn(C)cc1CNC(=O)C(C)(CC)C(N)=S. The van der Waals surface area contributed by atoms with Gasteiger partial charge >= 0.3 is 0 Å². The van der Waals surface area contributed by atoms with E-state index in [1.807, 2.05) is 27.1 Å². The van der Waals surface area contributed by atoms with Crippen molar-refractivity contribution in [2.45, 2.75) is 40.2 Å². The average molecular weight is 282 g/mol. The van der Waals surface area contributed by atoms with Gasteiger partial charge in [-0.15, -0.1) is 0 Å². The molecule has 1 rings (SSSR count). The van der Waals surface area contributed by atoms with Crippen LogP contribution in [0.2, 0.25) is 0 Å². The van der Waals surface area contributed by atoms with Crippen molar-refractivity contribution in [1.82, 2.24) is 15.1 Å². The lowest BCUT2D eigenvalue weighted by atomic mass is 9.86.